The molecular formula is C26H28N4O2. The van der Waals surface area contributed by atoms with Gasteiger partial charge in [0.25, 0.3) is 11.8 Å². The molecule has 3 aromatic rings. The molecule has 1 N–H and O–H groups in total. The van der Waals surface area contributed by atoms with E-state index in [-0.39, 0.29) is 17.4 Å². The number of carbonyl (C=O) groups excluding carboxylic acids is 2. The summed E-state index contributed by atoms with van der Waals surface area (Å²) < 4.78 is 1.82. The zero-order valence-electron chi connectivity index (χ0n) is 18.8. The Bertz CT molecular complexity index is 1180. The van der Waals surface area contributed by atoms with Crippen molar-refractivity contribution < 1.29 is 9.59 Å². The van der Waals surface area contributed by atoms with Crippen LogP contribution in [0, 0.1) is 0 Å². The van der Waals surface area contributed by atoms with Crippen LogP contribution in [-0.4, -0.2) is 28.1 Å². The van der Waals surface area contributed by atoms with Gasteiger partial charge in [-0.3, -0.25) is 14.3 Å². The second-order valence-electron chi connectivity index (χ2n) is 9.68. The van der Waals surface area contributed by atoms with E-state index < -0.39 is 0 Å². The van der Waals surface area contributed by atoms with E-state index in [1.54, 1.807) is 24.3 Å². The molecule has 1 aromatic heterocycles. The third-order valence-corrected chi connectivity index (χ3v) is 6.11. The standard InChI is InChI=1S/C26H28N4O2/c1-26(2,3)30-23(16-21(28-30)17-8-9-17)24(31)27-20-12-10-19(11-13-20)25(32)29-15-14-18-6-4-5-7-22(18)29/h4-7,10-13,16-17H,8-9,14-15H2,1-3H3,(H,27,31). The van der Waals surface area contributed by atoms with E-state index in [0.717, 1.165) is 30.6 Å². The van der Waals surface area contributed by atoms with E-state index >= 15 is 0 Å². The van der Waals surface area contributed by atoms with Crippen molar-refractivity contribution in [1.82, 2.24) is 9.78 Å². The van der Waals surface area contributed by atoms with Crippen molar-refractivity contribution in [2.45, 2.75) is 51.5 Å². The van der Waals surface area contributed by atoms with Gasteiger partial charge in [-0.1, -0.05) is 18.2 Å². The van der Waals surface area contributed by atoms with Crippen LogP contribution >= 0.6 is 0 Å². The molecule has 5 rings (SSSR count). The monoisotopic (exact) mass is 428 g/mol. The molecule has 1 aliphatic carbocycles. The summed E-state index contributed by atoms with van der Waals surface area (Å²) in [5, 5.41) is 7.68. The molecule has 2 amide bonds. The molecule has 2 aromatic carbocycles. The number of nitrogens with zero attached hydrogens (tertiary/aromatic N) is 3. The first-order valence-corrected chi connectivity index (χ1v) is 11.2. The van der Waals surface area contributed by atoms with Crippen LogP contribution < -0.4 is 10.2 Å². The molecule has 6 nitrogen and oxygen atoms in total. The van der Waals surface area contributed by atoms with Crippen LogP contribution in [0.1, 0.15) is 71.6 Å². The first kappa shape index (κ1) is 20.5. The number of hydrogen-bond donors (Lipinski definition) is 1. The van der Waals surface area contributed by atoms with Gasteiger partial charge in [-0.2, -0.15) is 5.10 Å². The van der Waals surface area contributed by atoms with Gasteiger partial charge in [0.1, 0.15) is 5.69 Å². The van der Waals surface area contributed by atoms with Crippen LogP contribution in [0.2, 0.25) is 0 Å². The summed E-state index contributed by atoms with van der Waals surface area (Å²) in [5.74, 6) is 0.269. The summed E-state index contributed by atoms with van der Waals surface area (Å²) in [6.45, 7) is 6.83. The summed E-state index contributed by atoms with van der Waals surface area (Å²) in [6.07, 6.45) is 3.15. The smallest absolute Gasteiger partial charge is 0.273 e. The number of nitrogens with one attached hydrogen (secondary N) is 1. The fourth-order valence-corrected chi connectivity index (χ4v) is 4.25. The van der Waals surface area contributed by atoms with Crippen LogP contribution in [0.5, 0.6) is 0 Å². The largest absolute Gasteiger partial charge is 0.321 e. The van der Waals surface area contributed by atoms with Gasteiger partial charge in [0.2, 0.25) is 0 Å². The number of benzene rings is 2. The Balaban J connectivity index is 1.32. The Labute approximate surface area is 188 Å². The number of fused-ring (bicyclic) bond motifs is 1. The van der Waals surface area contributed by atoms with E-state index in [1.807, 2.05) is 54.6 Å². The van der Waals surface area contributed by atoms with E-state index in [2.05, 4.69) is 11.4 Å². The Morgan fingerprint density at radius 2 is 1.75 bits per heavy atom. The molecule has 164 valence electrons. The number of para-hydroxylation sites is 1. The van der Waals surface area contributed by atoms with Crippen molar-refractivity contribution >= 4 is 23.2 Å². The second-order valence-corrected chi connectivity index (χ2v) is 9.68. The highest BCUT2D eigenvalue weighted by Gasteiger charge is 2.31. The average molecular weight is 429 g/mol. The number of aromatic nitrogens is 2. The molecule has 6 heteroatoms. The fourth-order valence-electron chi connectivity index (χ4n) is 4.25. The minimum absolute atomic E-state index is 0.0206. The highest BCUT2D eigenvalue weighted by molar-refractivity contribution is 6.08. The van der Waals surface area contributed by atoms with Crippen LogP contribution in [0.4, 0.5) is 11.4 Å². The quantitative estimate of drug-likeness (QED) is 0.638. The van der Waals surface area contributed by atoms with Crippen molar-refractivity contribution in [3.05, 3.63) is 77.1 Å². The zero-order chi connectivity index (χ0) is 22.5. The van der Waals surface area contributed by atoms with Crippen molar-refractivity contribution in [3.8, 4) is 0 Å². The summed E-state index contributed by atoms with van der Waals surface area (Å²) in [7, 11) is 0. The highest BCUT2D eigenvalue weighted by Crippen LogP contribution is 2.40. The normalized spacial score (nSPS) is 15.5. The third-order valence-electron chi connectivity index (χ3n) is 6.11. The van der Waals surface area contributed by atoms with Crippen molar-refractivity contribution in [3.63, 3.8) is 0 Å². The molecule has 0 saturated heterocycles. The molecule has 0 atom stereocenters. The van der Waals surface area contributed by atoms with Crippen molar-refractivity contribution in [2.24, 2.45) is 0 Å². The number of anilines is 2. The Morgan fingerprint density at radius 1 is 1.03 bits per heavy atom. The molecular weight excluding hydrogens is 400 g/mol. The topological polar surface area (TPSA) is 67.2 Å². The number of carbonyl (C=O) groups is 2. The minimum Gasteiger partial charge on any atom is -0.321 e. The number of rotatable bonds is 4. The van der Waals surface area contributed by atoms with Crippen molar-refractivity contribution in [2.75, 3.05) is 16.8 Å². The Hall–Kier alpha value is -3.41. The summed E-state index contributed by atoms with van der Waals surface area (Å²) >= 11 is 0. The molecule has 2 heterocycles. The van der Waals surface area contributed by atoms with Crippen LogP contribution in [-0.2, 0) is 12.0 Å². The molecule has 1 saturated carbocycles. The van der Waals surface area contributed by atoms with Gasteiger partial charge in [-0.05, 0) is 82.0 Å². The molecule has 0 unspecified atom stereocenters. The van der Waals surface area contributed by atoms with Gasteiger partial charge in [0, 0.05) is 29.4 Å². The SMILES string of the molecule is CC(C)(C)n1nc(C2CC2)cc1C(=O)Nc1ccc(C(=O)N2CCc3ccccc32)cc1. The highest BCUT2D eigenvalue weighted by atomic mass is 16.2. The van der Waals surface area contributed by atoms with Gasteiger partial charge < -0.3 is 10.2 Å². The van der Waals surface area contributed by atoms with Gasteiger partial charge in [-0.15, -0.1) is 0 Å². The lowest BCUT2D eigenvalue weighted by Crippen LogP contribution is -2.29. The lowest BCUT2D eigenvalue weighted by atomic mass is 10.1. The number of amides is 2. The summed E-state index contributed by atoms with van der Waals surface area (Å²) in [5.41, 5.74) is 4.72. The van der Waals surface area contributed by atoms with E-state index in [0.29, 0.717) is 29.4 Å². The Kier molecular flexibility index (Phi) is 4.88. The lowest BCUT2D eigenvalue weighted by molar-refractivity contribution is 0.0987. The number of hydrogen-bond acceptors (Lipinski definition) is 3. The third kappa shape index (κ3) is 3.81. The molecule has 1 fully saturated rings. The second kappa shape index (κ2) is 7.62. The van der Waals surface area contributed by atoms with E-state index in [9.17, 15) is 9.59 Å². The first-order chi connectivity index (χ1) is 15.3. The summed E-state index contributed by atoms with van der Waals surface area (Å²) in [4.78, 5) is 27.9. The van der Waals surface area contributed by atoms with Gasteiger partial charge >= 0.3 is 0 Å². The van der Waals surface area contributed by atoms with E-state index in [1.165, 1.54) is 5.56 Å². The average Bonchev–Trinajstić information content (AvgIpc) is 3.36. The van der Waals surface area contributed by atoms with Crippen LogP contribution in [0.3, 0.4) is 0 Å². The van der Waals surface area contributed by atoms with Crippen LogP contribution in [0.25, 0.3) is 0 Å². The summed E-state index contributed by atoms with van der Waals surface area (Å²) in [6, 6.07) is 17.1. The van der Waals surface area contributed by atoms with Crippen LogP contribution in [0.15, 0.2) is 54.6 Å². The zero-order valence-corrected chi connectivity index (χ0v) is 18.8. The maximum Gasteiger partial charge on any atom is 0.273 e. The molecule has 0 radical (unpaired) electrons. The molecule has 0 bridgehead atoms. The van der Waals surface area contributed by atoms with Crippen molar-refractivity contribution in [1.29, 1.82) is 0 Å². The van der Waals surface area contributed by atoms with Gasteiger partial charge in [-0.25, -0.2) is 0 Å². The predicted octanol–water partition coefficient (Wildman–Crippen LogP) is 4.97. The lowest BCUT2D eigenvalue weighted by Gasteiger charge is -2.22. The fraction of sp³-hybridized carbons (Fsp3) is 0.346. The molecule has 1 aliphatic heterocycles. The minimum atomic E-state index is -0.290. The molecule has 0 spiro atoms. The Morgan fingerprint density at radius 3 is 2.44 bits per heavy atom. The molecule has 2 aliphatic rings. The maximum absolute atomic E-state index is 13.1. The maximum atomic E-state index is 13.1. The van der Waals surface area contributed by atoms with E-state index in [4.69, 9.17) is 5.10 Å². The van der Waals surface area contributed by atoms with Gasteiger partial charge in [0.15, 0.2) is 0 Å². The van der Waals surface area contributed by atoms with Gasteiger partial charge in [0.05, 0.1) is 11.2 Å². The predicted molar refractivity (Wildman–Crippen MR) is 125 cm³/mol. The first-order valence-electron chi connectivity index (χ1n) is 11.2. The molecule has 32 heavy (non-hydrogen) atoms.